The summed E-state index contributed by atoms with van der Waals surface area (Å²) in [5.41, 5.74) is 3.06. The molecule has 1 N–H and O–H groups in total. The van der Waals surface area contributed by atoms with Crippen LogP contribution in [0, 0.1) is 0 Å². The Bertz CT molecular complexity index is 1150. The van der Waals surface area contributed by atoms with Gasteiger partial charge in [-0.05, 0) is 41.3 Å². The van der Waals surface area contributed by atoms with Crippen molar-refractivity contribution in [3.05, 3.63) is 83.4 Å². The zero-order valence-electron chi connectivity index (χ0n) is 15.4. The summed E-state index contributed by atoms with van der Waals surface area (Å²) in [6, 6.07) is 19.3. The Balaban J connectivity index is 1.41. The standard InChI is InChI=1S/C22H17N3O3S/c26-22(23-12-15-8-9-18-19(11-15)28-14-27-18)17-13-25(16-5-2-1-3-6-16)24-21(17)20-7-4-10-29-20/h1-11,13H,12,14H2,(H,23,26). The van der Waals surface area contributed by atoms with Crippen LogP contribution in [0.25, 0.3) is 16.3 Å². The third-order valence-corrected chi connectivity index (χ3v) is 5.50. The maximum Gasteiger partial charge on any atom is 0.255 e. The summed E-state index contributed by atoms with van der Waals surface area (Å²) in [4.78, 5) is 13.9. The third-order valence-electron chi connectivity index (χ3n) is 4.62. The Morgan fingerprint density at radius 1 is 1.07 bits per heavy atom. The number of aromatic nitrogens is 2. The molecule has 0 saturated carbocycles. The number of nitrogens with zero attached hydrogens (tertiary/aromatic N) is 2. The number of hydrogen-bond donors (Lipinski definition) is 1. The number of carbonyl (C=O) groups excluding carboxylic acids is 1. The lowest BCUT2D eigenvalue weighted by Gasteiger charge is -2.06. The Morgan fingerprint density at radius 2 is 1.93 bits per heavy atom. The zero-order valence-corrected chi connectivity index (χ0v) is 16.2. The van der Waals surface area contributed by atoms with Gasteiger partial charge in [-0.2, -0.15) is 5.10 Å². The van der Waals surface area contributed by atoms with Crippen LogP contribution >= 0.6 is 11.3 Å². The van der Waals surface area contributed by atoms with Crippen molar-refractivity contribution in [2.75, 3.05) is 6.79 Å². The second-order valence-corrected chi connectivity index (χ2v) is 7.47. The molecule has 0 fully saturated rings. The fourth-order valence-electron chi connectivity index (χ4n) is 3.18. The molecule has 0 saturated heterocycles. The molecule has 3 heterocycles. The second-order valence-electron chi connectivity index (χ2n) is 6.52. The van der Waals surface area contributed by atoms with Crippen LogP contribution in [0.5, 0.6) is 11.5 Å². The first-order chi connectivity index (χ1) is 14.3. The highest BCUT2D eigenvalue weighted by atomic mass is 32.1. The van der Waals surface area contributed by atoms with Gasteiger partial charge in [0.1, 0.15) is 5.69 Å². The number of amides is 1. The summed E-state index contributed by atoms with van der Waals surface area (Å²) in [5.74, 6) is 1.25. The lowest BCUT2D eigenvalue weighted by atomic mass is 10.1. The van der Waals surface area contributed by atoms with E-state index in [4.69, 9.17) is 9.47 Å². The number of fused-ring (bicyclic) bond motifs is 1. The van der Waals surface area contributed by atoms with Crippen LogP contribution in [0.2, 0.25) is 0 Å². The maximum absolute atomic E-state index is 13.0. The normalized spacial score (nSPS) is 12.1. The molecule has 6 nitrogen and oxygen atoms in total. The minimum Gasteiger partial charge on any atom is -0.454 e. The first-order valence-corrected chi connectivity index (χ1v) is 10.0. The predicted octanol–water partition coefficient (Wildman–Crippen LogP) is 4.26. The molecule has 4 aromatic rings. The SMILES string of the molecule is O=C(NCc1ccc2c(c1)OCO2)c1cn(-c2ccccc2)nc1-c1cccs1. The Labute approximate surface area is 171 Å². The van der Waals surface area contributed by atoms with Gasteiger partial charge in [0.05, 0.1) is 16.1 Å². The number of nitrogens with one attached hydrogen (secondary N) is 1. The van der Waals surface area contributed by atoms with Crippen molar-refractivity contribution < 1.29 is 14.3 Å². The summed E-state index contributed by atoms with van der Waals surface area (Å²) in [7, 11) is 0. The van der Waals surface area contributed by atoms with Crippen molar-refractivity contribution >= 4 is 17.2 Å². The number of para-hydroxylation sites is 1. The molecule has 2 aromatic carbocycles. The number of rotatable bonds is 5. The highest BCUT2D eigenvalue weighted by molar-refractivity contribution is 7.13. The average molecular weight is 403 g/mol. The lowest BCUT2D eigenvalue weighted by Crippen LogP contribution is -2.22. The number of carbonyl (C=O) groups is 1. The van der Waals surface area contributed by atoms with Gasteiger partial charge in [0.15, 0.2) is 11.5 Å². The fraction of sp³-hybridized carbons (Fsp3) is 0.0909. The number of hydrogen-bond acceptors (Lipinski definition) is 5. The third kappa shape index (κ3) is 3.48. The van der Waals surface area contributed by atoms with Crippen molar-refractivity contribution in [2.24, 2.45) is 0 Å². The number of ether oxygens (including phenoxy) is 2. The molecule has 1 aliphatic rings. The average Bonchev–Trinajstić information content (AvgIpc) is 3.52. The number of thiophene rings is 1. The van der Waals surface area contributed by atoms with Crippen molar-refractivity contribution in [1.82, 2.24) is 15.1 Å². The van der Waals surface area contributed by atoms with Crippen molar-refractivity contribution in [1.29, 1.82) is 0 Å². The fourth-order valence-corrected chi connectivity index (χ4v) is 3.90. The van der Waals surface area contributed by atoms with E-state index in [-0.39, 0.29) is 12.7 Å². The van der Waals surface area contributed by atoms with E-state index >= 15 is 0 Å². The molecule has 1 amide bonds. The predicted molar refractivity (Wildman–Crippen MR) is 111 cm³/mol. The molecule has 29 heavy (non-hydrogen) atoms. The second kappa shape index (κ2) is 7.44. The van der Waals surface area contributed by atoms with E-state index in [9.17, 15) is 4.79 Å². The highest BCUT2D eigenvalue weighted by Crippen LogP contribution is 2.32. The minimum absolute atomic E-state index is 0.173. The van der Waals surface area contributed by atoms with E-state index in [0.29, 0.717) is 23.6 Å². The van der Waals surface area contributed by atoms with Crippen LogP contribution in [0.1, 0.15) is 15.9 Å². The van der Waals surface area contributed by atoms with Gasteiger partial charge in [-0.1, -0.05) is 30.3 Å². The maximum atomic E-state index is 13.0. The molecule has 7 heteroatoms. The van der Waals surface area contributed by atoms with E-state index in [1.165, 1.54) is 0 Å². The molecule has 144 valence electrons. The van der Waals surface area contributed by atoms with Gasteiger partial charge in [-0.15, -0.1) is 11.3 Å². The van der Waals surface area contributed by atoms with Crippen LogP contribution in [0.3, 0.4) is 0 Å². The highest BCUT2D eigenvalue weighted by Gasteiger charge is 2.20. The van der Waals surface area contributed by atoms with Crippen LogP contribution in [0.15, 0.2) is 72.2 Å². The van der Waals surface area contributed by atoms with Crippen LogP contribution in [-0.4, -0.2) is 22.5 Å². The molecule has 0 unspecified atom stereocenters. The largest absolute Gasteiger partial charge is 0.454 e. The van der Waals surface area contributed by atoms with Crippen molar-refractivity contribution in [3.8, 4) is 27.8 Å². The summed E-state index contributed by atoms with van der Waals surface area (Å²) < 4.78 is 12.5. The minimum atomic E-state index is -0.173. The molecule has 0 radical (unpaired) electrons. The summed E-state index contributed by atoms with van der Waals surface area (Å²) in [6.07, 6.45) is 1.78. The Kier molecular flexibility index (Phi) is 4.50. The van der Waals surface area contributed by atoms with Crippen LogP contribution in [-0.2, 0) is 6.54 Å². The van der Waals surface area contributed by atoms with E-state index < -0.39 is 0 Å². The van der Waals surface area contributed by atoms with Crippen molar-refractivity contribution in [3.63, 3.8) is 0 Å². The summed E-state index contributed by atoms with van der Waals surface area (Å²) in [5, 5.41) is 9.64. The van der Waals surface area contributed by atoms with E-state index in [2.05, 4.69) is 10.4 Å². The molecule has 0 bridgehead atoms. The first kappa shape index (κ1) is 17.5. The van der Waals surface area contributed by atoms with Gasteiger partial charge in [-0.25, -0.2) is 4.68 Å². The summed E-state index contributed by atoms with van der Waals surface area (Å²) >= 11 is 1.56. The molecule has 0 aliphatic carbocycles. The monoisotopic (exact) mass is 403 g/mol. The Morgan fingerprint density at radius 3 is 2.76 bits per heavy atom. The molecule has 1 aliphatic heterocycles. The van der Waals surface area contributed by atoms with Gasteiger partial charge in [0.2, 0.25) is 6.79 Å². The van der Waals surface area contributed by atoms with E-state index in [1.54, 1.807) is 22.2 Å². The number of benzene rings is 2. The smallest absolute Gasteiger partial charge is 0.255 e. The van der Waals surface area contributed by atoms with Crippen LogP contribution in [0.4, 0.5) is 0 Å². The molecule has 2 aromatic heterocycles. The molecular weight excluding hydrogens is 386 g/mol. The van der Waals surface area contributed by atoms with Gasteiger partial charge in [0.25, 0.3) is 5.91 Å². The zero-order chi connectivity index (χ0) is 19.6. The van der Waals surface area contributed by atoms with Gasteiger partial charge in [0, 0.05) is 12.7 Å². The lowest BCUT2D eigenvalue weighted by molar-refractivity contribution is 0.0951. The molecule has 0 spiro atoms. The summed E-state index contributed by atoms with van der Waals surface area (Å²) in [6.45, 7) is 0.615. The Hall–Kier alpha value is -3.58. The quantitative estimate of drug-likeness (QED) is 0.541. The molecule has 0 atom stereocenters. The first-order valence-electron chi connectivity index (χ1n) is 9.13. The van der Waals surface area contributed by atoms with E-state index in [0.717, 1.165) is 21.9 Å². The van der Waals surface area contributed by atoms with E-state index in [1.807, 2.05) is 66.0 Å². The van der Waals surface area contributed by atoms with Crippen LogP contribution < -0.4 is 14.8 Å². The van der Waals surface area contributed by atoms with Gasteiger partial charge in [-0.3, -0.25) is 4.79 Å². The van der Waals surface area contributed by atoms with Gasteiger partial charge >= 0.3 is 0 Å². The van der Waals surface area contributed by atoms with Gasteiger partial charge < -0.3 is 14.8 Å². The molecular formula is C22H17N3O3S. The molecule has 5 rings (SSSR count). The van der Waals surface area contributed by atoms with Crippen molar-refractivity contribution in [2.45, 2.75) is 6.54 Å². The topological polar surface area (TPSA) is 65.4 Å².